The molecule has 0 fully saturated rings. The second-order valence-electron chi connectivity index (χ2n) is 26.9. The number of nitrogens with zero attached hydrogens (tertiary/aromatic N) is 4. The molecule has 0 bridgehead atoms. The van der Waals surface area contributed by atoms with Crippen LogP contribution in [-0.4, -0.2) is 31.1 Å². The molecular formula is C87H69BN4O. The van der Waals surface area contributed by atoms with Crippen LogP contribution in [0.25, 0.3) is 132 Å². The SMILES string of the molecule is CC(C)c1cc(C(C)C)c(B2c3cc(-n4c5ccccc5c5cc(-c6ccc7c(c6)c6ccccc6n7-c6ccccc6)ccc54)ccc3O[C@@H]3C=CC(n4c5ccccc5c5cc(-c6ccc7c(c6)c6ccccc6n7-c6ccccc6)ccc54)=CC23)c(C(C)C)c1. The Morgan fingerprint density at radius 2 is 0.710 bits per heavy atom. The molecule has 5 heterocycles. The summed E-state index contributed by atoms with van der Waals surface area (Å²) < 4.78 is 17.2. The van der Waals surface area contributed by atoms with E-state index in [-0.39, 0.29) is 30.5 Å². The zero-order chi connectivity index (χ0) is 62.3. The fourth-order valence-corrected chi connectivity index (χ4v) is 16.2. The molecule has 12 aromatic carbocycles. The van der Waals surface area contributed by atoms with E-state index in [0.29, 0.717) is 5.92 Å². The molecule has 0 spiro atoms. The fourth-order valence-electron chi connectivity index (χ4n) is 16.2. The topological polar surface area (TPSA) is 28.9 Å². The molecule has 0 saturated heterocycles. The highest BCUT2D eigenvalue weighted by Crippen LogP contribution is 2.45. The summed E-state index contributed by atoms with van der Waals surface area (Å²) in [5, 5.41) is 9.92. The molecule has 1 aliphatic heterocycles. The molecule has 4 aromatic heterocycles. The van der Waals surface area contributed by atoms with Gasteiger partial charge in [0.1, 0.15) is 11.9 Å². The zero-order valence-electron chi connectivity index (χ0n) is 53.2. The van der Waals surface area contributed by atoms with E-state index >= 15 is 0 Å². The van der Waals surface area contributed by atoms with Gasteiger partial charge in [-0.1, -0.05) is 199 Å². The Morgan fingerprint density at radius 1 is 0.333 bits per heavy atom. The van der Waals surface area contributed by atoms with Gasteiger partial charge in [-0.25, -0.2) is 0 Å². The molecule has 93 heavy (non-hydrogen) atoms. The van der Waals surface area contributed by atoms with Crippen molar-refractivity contribution in [2.45, 2.75) is 71.2 Å². The normalized spacial score (nSPS) is 14.9. The Bertz CT molecular complexity index is 5760. The first kappa shape index (κ1) is 55.1. The number of para-hydroxylation sites is 6. The quantitative estimate of drug-likeness (QED) is 0.125. The smallest absolute Gasteiger partial charge is 0.226 e. The van der Waals surface area contributed by atoms with Crippen LogP contribution in [0.1, 0.15) is 76.0 Å². The number of ether oxygens (including phenoxy) is 1. The first-order valence-corrected chi connectivity index (χ1v) is 33.3. The van der Waals surface area contributed by atoms with Gasteiger partial charge >= 0.3 is 0 Å². The van der Waals surface area contributed by atoms with Crippen molar-refractivity contribution in [1.29, 1.82) is 0 Å². The number of hydrogen-bond donors (Lipinski definition) is 0. The van der Waals surface area contributed by atoms with E-state index in [1.54, 1.807) is 0 Å². The van der Waals surface area contributed by atoms with Crippen LogP contribution in [0, 0.1) is 0 Å². The van der Waals surface area contributed by atoms with Crippen molar-refractivity contribution in [2.24, 2.45) is 0 Å². The van der Waals surface area contributed by atoms with Crippen LogP contribution in [-0.2, 0) is 0 Å². The van der Waals surface area contributed by atoms with Crippen molar-refractivity contribution in [3.05, 3.63) is 296 Å². The van der Waals surface area contributed by atoms with Crippen LogP contribution in [0.15, 0.2) is 279 Å². The average Bonchev–Trinajstić information content (AvgIpc) is 1.21. The fraction of sp³-hybridized carbons (Fsp3) is 0.126. The maximum absolute atomic E-state index is 7.38. The first-order valence-electron chi connectivity index (χ1n) is 33.3. The van der Waals surface area contributed by atoms with E-state index in [2.05, 4.69) is 339 Å². The highest BCUT2D eigenvalue weighted by atomic mass is 16.5. The van der Waals surface area contributed by atoms with Crippen LogP contribution < -0.4 is 15.7 Å². The third-order valence-electron chi connectivity index (χ3n) is 20.6. The number of rotatable bonds is 10. The molecule has 0 amide bonds. The van der Waals surface area contributed by atoms with Crippen molar-refractivity contribution < 1.29 is 4.74 Å². The second kappa shape index (κ2) is 21.4. The summed E-state index contributed by atoms with van der Waals surface area (Å²) >= 11 is 0. The summed E-state index contributed by atoms with van der Waals surface area (Å²) in [6, 6.07) is 97.3. The first-order chi connectivity index (χ1) is 45.6. The van der Waals surface area contributed by atoms with E-state index in [1.165, 1.54) is 137 Å². The highest BCUT2D eigenvalue weighted by Gasteiger charge is 2.44. The van der Waals surface area contributed by atoms with E-state index in [4.69, 9.17) is 4.74 Å². The lowest BCUT2D eigenvalue weighted by Crippen LogP contribution is -2.56. The van der Waals surface area contributed by atoms with E-state index in [0.717, 1.165) is 28.5 Å². The molecule has 0 radical (unpaired) electrons. The number of hydrogen-bond acceptors (Lipinski definition) is 1. The minimum absolute atomic E-state index is 0.0282. The molecule has 2 atom stereocenters. The predicted molar refractivity (Wildman–Crippen MR) is 395 cm³/mol. The predicted octanol–water partition coefficient (Wildman–Crippen LogP) is 21.6. The van der Waals surface area contributed by atoms with Crippen molar-refractivity contribution in [2.75, 3.05) is 0 Å². The third kappa shape index (κ3) is 8.61. The number of benzene rings is 12. The summed E-state index contributed by atoms with van der Waals surface area (Å²) in [4.78, 5) is 0. The van der Waals surface area contributed by atoms with Crippen LogP contribution in [0.3, 0.4) is 0 Å². The molecule has 0 N–H and O–H groups in total. The van der Waals surface area contributed by atoms with Gasteiger partial charge in [0.2, 0.25) is 6.71 Å². The van der Waals surface area contributed by atoms with Crippen LogP contribution in [0.5, 0.6) is 5.75 Å². The molecule has 446 valence electrons. The maximum Gasteiger partial charge on any atom is 0.226 e. The van der Waals surface area contributed by atoms with Gasteiger partial charge in [-0.15, -0.1) is 0 Å². The molecule has 5 nitrogen and oxygen atoms in total. The number of aromatic nitrogens is 4. The summed E-state index contributed by atoms with van der Waals surface area (Å²) in [6.07, 6.45) is 7.07. The lowest BCUT2D eigenvalue weighted by Gasteiger charge is -2.40. The Labute approximate surface area is 542 Å². The minimum Gasteiger partial charge on any atom is -0.487 e. The van der Waals surface area contributed by atoms with Crippen molar-refractivity contribution in [3.8, 4) is 45.1 Å². The maximum atomic E-state index is 7.38. The van der Waals surface area contributed by atoms with E-state index < -0.39 is 0 Å². The monoisotopic (exact) mass is 1200 g/mol. The van der Waals surface area contributed by atoms with Crippen LogP contribution >= 0.6 is 0 Å². The summed E-state index contributed by atoms with van der Waals surface area (Å²) in [6.45, 7) is 14.2. The molecule has 2 aliphatic rings. The van der Waals surface area contributed by atoms with Gasteiger partial charge in [0.15, 0.2) is 0 Å². The van der Waals surface area contributed by atoms with Crippen LogP contribution in [0.4, 0.5) is 0 Å². The van der Waals surface area contributed by atoms with Gasteiger partial charge in [0, 0.05) is 71.7 Å². The molecule has 6 heteroatoms. The second-order valence-corrected chi connectivity index (χ2v) is 26.9. The van der Waals surface area contributed by atoms with Crippen LogP contribution in [0.2, 0.25) is 5.82 Å². The van der Waals surface area contributed by atoms with E-state index in [1.807, 2.05) is 0 Å². The number of fused-ring (bicyclic) bond motifs is 14. The Morgan fingerprint density at radius 3 is 1.13 bits per heavy atom. The largest absolute Gasteiger partial charge is 0.487 e. The lowest BCUT2D eigenvalue weighted by atomic mass is 9.29. The average molecular weight is 1200 g/mol. The van der Waals surface area contributed by atoms with E-state index in [9.17, 15) is 0 Å². The Kier molecular flexibility index (Phi) is 12.7. The Balaban J connectivity index is 0.785. The van der Waals surface area contributed by atoms with Crippen molar-refractivity contribution in [3.63, 3.8) is 0 Å². The summed E-state index contributed by atoms with van der Waals surface area (Å²) in [7, 11) is 0. The van der Waals surface area contributed by atoms with Gasteiger partial charge in [-0.3, -0.25) is 0 Å². The molecule has 0 saturated carbocycles. The Hall–Kier alpha value is -10.8. The molecular weight excluding hydrogens is 1130 g/mol. The van der Waals surface area contributed by atoms with Gasteiger partial charge in [-0.2, -0.15) is 0 Å². The zero-order valence-corrected chi connectivity index (χ0v) is 53.2. The van der Waals surface area contributed by atoms with Gasteiger partial charge in [0.25, 0.3) is 0 Å². The minimum atomic E-state index is -0.190. The van der Waals surface area contributed by atoms with Crippen molar-refractivity contribution in [1.82, 2.24) is 18.3 Å². The highest BCUT2D eigenvalue weighted by molar-refractivity contribution is 6.88. The van der Waals surface area contributed by atoms with Gasteiger partial charge in [0.05, 0.1) is 44.1 Å². The molecule has 1 unspecified atom stereocenters. The van der Waals surface area contributed by atoms with Gasteiger partial charge < -0.3 is 23.0 Å². The number of allylic oxidation sites excluding steroid dienone is 2. The standard InChI is InChI=1S/C87H69BN4O/c1-53(2)60-49-69(54(3)4)87(70(50-60)55(5)6)88-75-51-63(91-79-31-19-15-27-67(79)73-47-58(35-41-83(73)91)56-33-39-81-71(45-56)65-25-13-17-29-77(65)89(81)61-21-9-7-10-22-61)37-43-85(75)93-86-44-38-64(52-76(86)88)92-80-32-20-16-28-68(80)74-48-59(36-42-84(74)92)57-34-40-82-72(46-57)66-26-14-18-30-78(66)90(82)62-23-11-8-12-24-62/h7-55,75,85H,1-6H3/t75?,85-/m1/s1. The summed E-state index contributed by atoms with van der Waals surface area (Å²) in [5.74, 6) is 1.88. The third-order valence-corrected chi connectivity index (χ3v) is 20.6. The van der Waals surface area contributed by atoms with Gasteiger partial charge in [-0.05, 0) is 190 Å². The lowest BCUT2D eigenvalue weighted by molar-refractivity contribution is 0.247. The summed E-state index contributed by atoms with van der Waals surface area (Å²) in [5.41, 5.74) is 25.9. The molecule has 18 rings (SSSR count). The molecule has 16 aromatic rings. The van der Waals surface area contributed by atoms with Crippen molar-refractivity contribution >= 4 is 111 Å². The molecule has 1 aliphatic carbocycles.